The zero-order valence-electron chi connectivity index (χ0n) is 11.7. The molecule has 0 bridgehead atoms. The number of piperidine rings is 1. The van der Waals surface area contributed by atoms with Gasteiger partial charge in [-0.15, -0.1) is 0 Å². The Labute approximate surface area is 127 Å². The molecule has 2 heterocycles. The molecule has 1 aromatic carbocycles. The van der Waals surface area contributed by atoms with Crippen molar-refractivity contribution in [1.82, 2.24) is 4.90 Å². The van der Waals surface area contributed by atoms with Crippen molar-refractivity contribution in [3.05, 3.63) is 28.5 Å². The largest absolute Gasteiger partial charge is 0.300 e. The highest BCUT2D eigenvalue weighted by atomic mass is 35.5. The highest BCUT2D eigenvalue weighted by molar-refractivity contribution is 6.55. The van der Waals surface area contributed by atoms with Crippen LogP contribution in [0.15, 0.2) is 12.1 Å². The van der Waals surface area contributed by atoms with E-state index < -0.39 is 17.5 Å². The molecule has 0 aliphatic carbocycles. The maximum absolute atomic E-state index is 14.1. The van der Waals surface area contributed by atoms with Gasteiger partial charge < -0.3 is 0 Å². The Morgan fingerprint density at radius 2 is 1.95 bits per heavy atom. The summed E-state index contributed by atoms with van der Waals surface area (Å²) in [5, 5.41) is 0.125. The minimum Gasteiger partial charge on any atom is -0.288 e. The standard InChI is InChI=1S/C15H16ClFN2O2/c1-9-4-6-18(7-5-9)8-19-13-11(17)3-2-10(16)12(13)14(20)15(19)21/h2-3,9H,4-8H2,1H3. The molecule has 1 fully saturated rings. The number of carbonyl (C=O) groups is 2. The highest BCUT2D eigenvalue weighted by Crippen LogP contribution is 2.36. The number of Topliss-reactive ketones (excluding diaryl/α,β-unsaturated/α-hetero) is 1. The van der Waals surface area contributed by atoms with Gasteiger partial charge >= 0.3 is 5.91 Å². The molecule has 112 valence electrons. The molecule has 0 N–H and O–H groups in total. The molecule has 2 aliphatic rings. The monoisotopic (exact) mass is 310 g/mol. The number of ketones is 1. The van der Waals surface area contributed by atoms with E-state index in [2.05, 4.69) is 11.8 Å². The summed E-state index contributed by atoms with van der Waals surface area (Å²) >= 11 is 5.95. The van der Waals surface area contributed by atoms with Crippen LogP contribution < -0.4 is 4.90 Å². The van der Waals surface area contributed by atoms with Gasteiger partial charge in [0.05, 0.1) is 22.9 Å². The van der Waals surface area contributed by atoms with Gasteiger partial charge in [-0.3, -0.25) is 19.4 Å². The lowest BCUT2D eigenvalue weighted by molar-refractivity contribution is -0.114. The first-order valence-corrected chi connectivity index (χ1v) is 7.43. The summed E-state index contributed by atoms with van der Waals surface area (Å²) in [4.78, 5) is 27.4. The lowest BCUT2D eigenvalue weighted by Crippen LogP contribution is -2.44. The van der Waals surface area contributed by atoms with E-state index in [0.717, 1.165) is 25.9 Å². The molecule has 1 amide bonds. The van der Waals surface area contributed by atoms with Crippen molar-refractivity contribution in [1.29, 1.82) is 0 Å². The number of amides is 1. The fraction of sp³-hybridized carbons (Fsp3) is 0.467. The zero-order chi connectivity index (χ0) is 15.1. The first-order valence-electron chi connectivity index (χ1n) is 7.05. The average molecular weight is 311 g/mol. The van der Waals surface area contributed by atoms with Gasteiger partial charge in [-0.2, -0.15) is 0 Å². The molecule has 6 heteroatoms. The molecular formula is C15H16ClFN2O2. The third kappa shape index (κ3) is 2.45. The van der Waals surface area contributed by atoms with Gasteiger partial charge in [-0.05, 0) is 30.9 Å². The molecule has 0 radical (unpaired) electrons. The van der Waals surface area contributed by atoms with Crippen molar-refractivity contribution in [3.8, 4) is 0 Å². The summed E-state index contributed by atoms with van der Waals surface area (Å²) in [6, 6.07) is 2.51. The molecular weight excluding hydrogens is 295 g/mol. The predicted octanol–water partition coefficient (Wildman–Crippen LogP) is 2.70. The smallest absolute Gasteiger partial charge is 0.288 e. The second-order valence-corrected chi connectivity index (χ2v) is 6.16. The Morgan fingerprint density at radius 3 is 2.62 bits per heavy atom. The van der Waals surface area contributed by atoms with Crippen LogP contribution in [0.3, 0.4) is 0 Å². The van der Waals surface area contributed by atoms with E-state index >= 15 is 0 Å². The minimum absolute atomic E-state index is 0.00737. The fourth-order valence-electron chi connectivity index (χ4n) is 2.89. The number of rotatable bonds is 2. The lowest BCUT2D eigenvalue weighted by atomic mass is 10.00. The Bertz CT molecular complexity index is 612. The van der Waals surface area contributed by atoms with Crippen LogP contribution in [-0.4, -0.2) is 36.3 Å². The number of benzene rings is 1. The number of nitrogens with zero attached hydrogens (tertiary/aromatic N) is 2. The summed E-state index contributed by atoms with van der Waals surface area (Å²) < 4.78 is 14.1. The normalized spacial score (nSPS) is 20.2. The van der Waals surface area contributed by atoms with Crippen LogP contribution in [0.1, 0.15) is 30.1 Å². The third-order valence-electron chi connectivity index (χ3n) is 4.23. The third-order valence-corrected chi connectivity index (χ3v) is 4.55. The summed E-state index contributed by atoms with van der Waals surface area (Å²) in [7, 11) is 0. The van der Waals surface area contributed by atoms with Gasteiger partial charge in [-0.25, -0.2) is 4.39 Å². The maximum atomic E-state index is 14.1. The number of fused-ring (bicyclic) bond motifs is 1. The minimum atomic E-state index is -0.722. The maximum Gasteiger partial charge on any atom is 0.300 e. The van der Waals surface area contributed by atoms with Crippen molar-refractivity contribution in [2.45, 2.75) is 19.8 Å². The van der Waals surface area contributed by atoms with E-state index in [9.17, 15) is 14.0 Å². The van der Waals surface area contributed by atoms with E-state index in [1.54, 1.807) is 0 Å². The Balaban J connectivity index is 1.89. The second kappa shape index (κ2) is 5.39. The molecule has 1 saturated heterocycles. The summed E-state index contributed by atoms with van der Waals surface area (Å²) in [6.07, 6.45) is 2.09. The molecule has 4 nitrogen and oxygen atoms in total. The number of anilines is 1. The van der Waals surface area contributed by atoms with Crippen LogP contribution in [-0.2, 0) is 4.79 Å². The van der Waals surface area contributed by atoms with Crippen LogP contribution in [0.2, 0.25) is 5.02 Å². The van der Waals surface area contributed by atoms with Crippen molar-refractivity contribution in [3.63, 3.8) is 0 Å². The van der Waals surface area contributed by atoms with E-state index in [0.29, 0.717) is 5.92 Å². The number of likely N-dealkylation sites (tertiary alicyclic amines) is 1. The molecule has 0 atom stereocenters. The van der Waals surface area contributed by atoms with Crippen molar-refractivity contribution >= 4 is 29.0 Å². The highest BCUT2D eigenvalue weighted by Gasteiger charge is 2.40. The molecule has 1 aromatic rings. The number of hydrogen-bond donors (Lipinski definition) is 0. The Morgan fingerprint density at radius 1 is 1.29 bits per heavy atom. The van der Waals surface area contributed by atoms with E-state index in [1.165, 1.54) is 17.0 Å². The molecule has 0 saturated carbocycles. The number of hydrogen-bond acceptors (Lipinski definition) is 3. The molecule has 0 unspecified atom stereocenters. The van der Waals surface area contributed by atoms with Crippen molar-refractivity contribution in [2.24, 2.45) is 5.92 Å². The topological polar surface area (TPSA) is 40.6 Å². The molecule has 0 aromatic heterocycles. The molecule has 2 aliphatic heterocycles. The van der Waals surface area contributed by atoms with Crippen LogP contribution >= 0.6 is 11.6 Å². The van der Waals surface area contributed by atoms with Gasteiger partial charge in [0.15, 0.2) is 0 Å². The van der Waals surface area contributed by atoms with Gasteiger partial charge in [0, 0.05) is 13.1 Å². The first-order chi connectivity index (χ1) is 9.99. The van der Waals surface area contributed by atoms with Crippen molar-refractivity contribution in [2.75, 3.05) is 24.7 Å². The van der Waals surface area contributed by atoms with E-state index in [1.807, 2.05) is 0 Å². The van der Waals surface area contributed by atoms with Crippen molar-refractivity contribution < 1.29 is 14.0 Å². The molecule has 3 rings (SSSR count). The van der Waals surface area contributed by atoms with Gasteiger partial charge in [0.1, 0.15) is 5.82 Å². The van der Waals surface area contributed by atoms with Gasteiger partial charge in [-0.1, -0.05) is 18.5 Å². The number of halogens is 2. The lowest BCUT2D eigenvalue weighted by Gasteiger charge is -2.33. The van der Waals surface area contributed by atoms with Gasteiger partial charge in [0.25, 0.3) is 5.78 Å². The quantitative estimate of drug-likeness (QED) is 0.789. The molecule has 21 heavy (non-hydrogen) atoms. The van der Waals surface area contributed by atoms with Crippen LogP contribution in [0, 0.1) is 11.7 Å². The summed E-state index contributed by atoms with van der Waals surface area (Å²) in [5.41, 5.74) is 0.0168. The molecule has 0 spiro atoms. The summed E-state index contributed by atoms with van der Waals surface area (Å²) in [6.45, 7) is 4.12. The summed E-state index contributed by atoms with van der Waals surface area (Å²) in [5.74, 6) is -1.34. The van der Waals surface area contributed by atoms with Crippen LogP contribution in [0.4, 0.5) is 10.1 Å². The SMILES string of the molecule is CC1CCN(CN2C(=O)C(=O)c3c(Cl)ccc(F)c32)CC1. The Hall–Kier alpha value is -1.46. The average Bonchev–Trinajstić information content (AvgIpc) is 2.71. The van der Waals surface area contributed by atoms with Gasteiger partial charge in [0.2, 0.25) is 0 Å². The van der Waals surface area contributed by atoms with Crippen LogP contribution in [0.5, 0.6) is 0 Å². The van der Waals surface area contributed by atoms with Crippen LogP contribution in [0.25, 0.3) is 0 Å². The predicted molar refractivity (Wildman–Crippen MR) is 78.1 cm³/mol. The first kappa shape index (κ1) is 14.5. The Kier molecular flexibility index (Phi) is 3.71. The second-order valence-electron chi connectivity index (χ2n) is 5.76. The van der Waals surface area contributed by atoms with E-state index in [4.69, 9.17) is 11.6 Å². The zero-order valence-corrected chi connectivity index (χ0v) is 12.5. The fourth-order valence-corrected chi connectivity index (χ4v) is 3.13. The number of carbonyl (C=O) groups excluding carboxylic acids is 2. The van der Waals surface area contributed by atoms with E-state index in [-0.39, 0.29) is 22.9 Å².